The van der Waals surface area contributed by atoms with Crippen LogP contribution in [0.15, 0.2) is 41.6 Å². The van der Waals surface area contributed by atoms with Crippen molar-refractivity contribution in [1.82, 2.24) is 9.97 Å². The standard InChI is InChI=1S/C21H27N3O2S/c1-4-11-24(14-17-5-6-17)21-13-19(22-15-23-21)20(25)12-16-7-9-18(10-8-16)27(2,3)26/h7-10,13,15,17H,2,4-6,11-12,14H2,1,3H3. The van der Waals surface area contributed by atoms with Crippen molar-refractivity contribution < 1.29 is 9.00 Å². The van der Waals surface area contributed by atoms with Crippen LogP contribution in [0.2, 0.25) is 0 Å². The zero-order valence-electron chi connectivity index (χ0n) is 16.1. The highest BCUT2D eigenvalue weighted by atomic mass is 32.2. The van der Waals surface area contributed by atoms with Crippen LogP contribution >= 0.6 is 0 Å². The Morgan fingerprint density at radius 1 is 1.26 bits per heavy atom. The maximum absolute atomic E-state index is 12.7. The van der Waals surface area contributed by atoms with Crippen LogP contribution in [0.1, 0.15) is 42.2 Å². The molecule has 1 aliphatic carbocycles. The van der Waals surface area contributed by atoms with Crippen molar-refractivity contribution in [3.63, 3.8) is 0 Å². The number of ketones is 1. The Kier molecular flexibility index (Phi) is 5.95. The number of hydrogen-bond donors (Lipinski definition) is 0. The monoisotopic (exact) mass is 385 g/mol. The van der Waals surface area contributed by atoms with Gasteiger partial charge in [0.15, 0.2) is 5.78 Å². The molecule has 5 nitrogen and oxygen atoms in total. The summed E-state index contributed by atoms with van der Waals surface area (Å²) in [5.74, 6) is 5.23. The van der Waals surface area contributed by atoms with Crippen LogP contribution < -0.4 is 4.90 Å². The number of nitrogens with zero attached hydrogens (tertiary/aromatic N) is 3. The fourth-order valence-electron chi connectivity index (χ4n) is 3.02. The molecule has 0 amide bonds. The first kappa shape index (κ1) is 19.5. The van der Waals surface area contributed by atoms with E-state index in [1.807, 2.05) is 18.2 Å². The second kappa shape index (κ2) is 8.21. The molecule has 6 heteroatoms. The van der Waals surface area contributed by atoms with E-state index in [0.29, 0.717) is 10.6 Å². The topological polar surface area (TPSA) is 63.2 Å². The van der Waals surface area contributed by atoms with Crippen LogP contribution in [0.5, 0.6) is 0 Å². The van der Waals surface area contributed by atoms with Crippen LogP contribution in [0.25, 0.3) is 0 Å². The number of aromatic nitrogens is 2. The third kappa shape index (κ3) is 5.39. The number of carbonyl (C=O) groups excluding carboxylic acids is 1. The minimum absolute atomic E-state index is 0.0406. The Balaban J connectivity index is 1.72. The van der Waals surface area contributed by atoms with Crippen LogP contribution in [-0.4, -0.2) is 45.2 Å². The first-order valence-electron chi connectivity index (χ1n) is 9.38. The summed E-state index contributed by atoms with van der Waals surface area (Å²) >= 11 is 0. The first-order chi connectivity index (χ1) is 12.9. The lowest BCUT2D eigenvalue weighted by molar-refractivity contribution is 0.0988. The summed E-state index contributed by atoms with van der Waals surface area (Å²) in [6.07, 6.45) is 6.96. The maximum atomic E-state index is 12.7. The Bertz CT molecular complexity index is 903. The SMILES string of the molecule is C=S(C)(=O)c1ccc(CC(=O)c2cc(N(CCC)CC3CC3)ncn2)cc1. The van der Waals surface area contributed by atoms with Gasteiger partial charge in [-0.1, -0.05) is 19.1 Å². The van der Waals surface area contributed by atoms with E-state index in [-0.39, 0.29) is 12.2 Å². The first-order valence-corrected chi connectivity index (χ1v) is 11.5. The molecule has 0 N–H and O–H groups in total. The van der Waals surface area contributed by atoms with Crippen molar-refractivity contribution in [2.24, 2.45) is 5.92 Å². The van der Waals surface area contributed by atoms with Crippen molar-refractivity contribution in [3.8, 4) is 0 Å². The molecule has 1 atom stereocenters. The molecular formula is C21H27N3O2S. The zero-order chi connectivity index (χ0) is 19.4. The van der Waals surface area contributed by atoms with E-state index in [9.17, 15) is 9.00 Å². The van der Waals surface area contributed by atoms with Gasteiger partial charge in [-0.2, -0.15) is 0 Å². The molecule has 0 radical (unpaired) electrons. The van der Waals surface area contributed by atoms with Crippen molar-refractivity contribution in [2.45, 2.75) is 37.5 Å². The number of rotatable bonds is 9. The van der Waals surface area contributed by atoms with E-state index >= 15 is 0 Å². The fraction of sp³-hybridized carbons (Fsp3) is 0.429. The minimum Gasteiger partial charge on any atom is -0.356 e. The molecule has 27 heavy (non-hydrogen) atoms. The zero-order valence-corrected chi connectivity index (χ0v) is 16.9. The highest BCUT2D eigenvalue weighted by Gasteiger charge is 2.25. The van der Waals surface area contributed by atoms with E-state index in [2.05, 4.69) is 27.7 Å². The van der Waals surface area contributed by atoms with Gasteiger partial charge in [0.25, 0.3) is 0 Å². The van der Waals surface area contributed by atoms with Gasteiger partial charge < -0.3 is 4.90 Å². The van der Waals surface area contributed by atoms with E-state index in [0.717, 1.165) is 36.8 Å². The van der Waals surface area contributed by atoms with Crippen LogP contribution in [0.4, 0.5) is 5.82 Å². The molecule has 1 aromatic carbocycles. The van der Waals surface area contributed by atoms with Crippen molar-refractivity contribution >= 4 is 27.0 Å². The van der Waals surface area contributed by atoms with E-state index < -0.39 is 9.52 Å². The molecule has 1 saturated carbocycles. The summed E-state index contributed by atoms with van der Waals surface area (Å²) in [5.41, 5.74) is 1.31. The quantitative estimate of drug-likeness (QED) is 0.490. The van der Waals surface area contributed by atoms with Crippen molar-refractivity contribution in [2.75, 3.05) is 24.2 Å². The Morgan fingerprint density at radius 3 is 2.56 bits per heavy atom. The number of carbonyl (C=O) groups is 1. The molecule has 1 fully saturated rings. The molecule has 3 rings (SSSR count). The molecule has 2 aromatic rings. The summed E-state index contributed by atoms with van der Waals surface area (Å²) in [6, 6.07) is 9.04. The highest BCUT2D eigenvalue weighted by molar-refractivity contribution is 7.99. The summed E-state index contributed by atoms with van der Waals surface area (Å²) in [4.78, 5) is 24.2. The van der Waals surface area contributed by atoms with E-state index in [4.69, 9.17) is 0 Å². The lowest BCUT2D eigenvalue weighted by Crippen LogP contribution is -2.27. The fourth-order valence-corrected chi connectivity index (χ4v) is 3.74. The number of benzene rings is 1. The number of Topliss-reactive ketones (excluding diaryl/α,β-unsaturated/α-hetero) is 1. The van der Waals surface area contributed by atoms with Crippen LogP contribution in [0.3, 0.4) is 0 Å². The van der Waals surface area contributed by atoms with Crippen molar-refractivity contribution in [1.29, 1.82) is 0 Å². The molecule has 1 heterocycles. The van der Waals surface area contributed by atoms with Gasteiger partial charge in [0.1, 0.15) is 17.8 Å². The number of hydrogen-bond acceptors (Lipinski definition) is 5. The summed E-state index contributed by atoms with van der Waals surface area (Å²) in [6.45, 7) is 4.09. The molecular weight excluding hydrogens is 358 g/mol. The molecule has 1 unspecified atom stereocenters. The largest absolute Gasteiger partial charge is 0.356 e. The normalized spacial score (nSPS) is 15.9. The van der Waals surface area contributed by atoms with Gasteiger partial charge in [0.2, 0.25) is 0 Å². The summed E-state index contributed by atoms with van der Waals surface area (Å²) < 4.78 is 12.0. The maximum Gasteiger partial charge on any atom is 0.185 e. The number of anilines is 1. The van der Waals surface area contributed by atoms with E-state index in [1.54, 1.807) is 18.4 Å². The van der Waals surface area contributed by atoms with Gasteiger partial charge in [0, 0.05) is 36.7 Å². The van der Waals surface area contributed by atoms with Gasteiger partial charge in [-0.05, 0) is 58.3 Å². The Labute approximate surface area is 161 Å². The molecule has 1 aliphatic rings. The van der Waals surface area contributed by atoms with Gasteiger partial charge in [-0.15, -0.1) is 0 Å². The molecule has 0 aliphatic heterocycles. The second-order valence-corrected chi connectivity index (χ2v) is 9.88. The predicted octanol–water partition coefficient (Wildman–Crippen LogP) is 3.23. The Morgan fingerprint density at radius 2 is 1.96 bits per heavy atom. The average molecular weight is 386 g/mol. The molecule has 144 valence electrons. The molecule has 1 aromatic heterocycles. The van der Waals surface area contributed by atoms with Crippen LogP contribution in [-0.2, 0) is 15.9 Å². The highest BCUT2D eigenvalue weighted by Crippen LogP contribution is 2.31. The molecule has 0 saturated heterocycles. The van der Waals surface area contributed by atoms with E-state index in [1.165, 1.54) is 19.2 Å². The second-order valence-electron chi connectivity index (χ2n) is 7.40. The summed E-state index contributed by atoms with van der Waals surface area (Å²) in [5, 5.41) is 0. The lowest BCUT2D eigenvalue weighted by atomic mass is 10.1. The summed E-state index contributed by atoms with van der Waals surface area (Å²) in [7, 11) is -2.24. The smallest absolute Gasteiger partial charge is 0.185 e. The minimum atomic E-state index is -2.24. The predicted molar refractivity (Wildman–Crippen MR) is 111 cm³/mol. The molecule has 0 spiro atoms. The third-order valence-electron chi connectivity index (χ3n) is 4.72. The lowest BCUT2D eigenvalue weighted by Gasteiger charge is -2.23. The van der Waals surface area contributed by atoms with Crippen molar-refractivity contribution in [3.05, 3.63) is 47.9 Å². The third-order valence-corrected chi connectivity index (χ3v) is 5.99. The van der Waals surface area contributed by atoms with Gasteiger partial charge in [-0.3, -0.25) is 9.00 Å². The van der Waals surface area contributed by atoms with Crippen LogP contribution in [0, 0.1) is 5.92 Å². The van der Waals surface area contributed by atoms with Gasteiger partial charge >= 0.3 is 0 Å². The average Bonchev–Trinajstić information content (AvgIpc) is 3.45. The Hall–Kier alpha value is -2.21. The van der Waals surface area contributed by atoms with Gasteiger partial charge in [-0.25, -0.2) is 9.97 Å². The van der Waals surface area contributed by atoms with Gasteiger partial charge in [0.05, 0.1) is 0 Å². The molecule has 0 bridgehead atoms.